The highest BCUT2D eigenvalue weighted by Crippen LogP contribution is 2.22. The van der Waals surface area contributed by atoms with Crippen LogP contribution in [0.25, 0.3) is 11.8 Å². The molecular weight excluding hydrogens is 260 g/mol. The molecule has 3 nitrogen and oxygen atoms in total. The summed E-state index contributed by atoms with van der Waals surface area (Å²) >= 11 is 0. The molecule has 0 saturated carbocycles. The molecule has 110 valence electrons. The van der Waals surface area contributed by atoms with Crippen LogP contribution in [0.1, 0.15) is 34.2 Å². The summed E-state index contributed by atoms with van der Waals surface area (Å²) in [7, 11) is 3.53. The van der Waals surface area contributed by atoms with Crippen molar-refractivity contribution < 1.29 is 4.79 Å². The van der Waals surface area contributed by atoms with E-state index in [9.17, 15) is 4.79 Å². The number of carbonyl (C=O) groups is 1. The van der Waals surface area contributed by atoms with E-state index >= 15 is 0 Å². The second-order valence-corrected chi connectivity index (χ2v) is 5.41. The van der Waals surface area contributed by atoms with Crippen LogP contribution in [0, 0.1) is 13.8 Å². The van der Waals surface area contributed by atoms with Crippen molar-refractivity contribution in [1.29, 1.82) is 0 Å². The molecule has 0 spiro atoms. The lowest BCUT2D eigenvalue weighted by Gasteiger charge is -2.13. The van der Waals surface area contributed by atoms with Gasteiger partial charge in [-0.2, -0.15) is 0 Å². The van der Waals surface area contributed by atoms with Gasteiger partial charge in [-0.05, 0) is 56.7 Å². The van der Waals surface area contributed by atoms with Gasteiger partial charge in [0.1, 0.15) is 0 Å². The van der Waals surface area contributed by atoms with Crippen LogP contribution in [0.4, 0.5) is 0 Å². The van der Waals surface area contributed by atoms with E-state index in [-0.39, 0.29) is 5.91 Å². The first kappa shape index (κ1) is 15.1. The number of allylic oxidation sites excluding steroid dienone is 1. The SMILES string of the molecule is CC=Cc1cc(C)n(-c2ccc(C(=O)N(C)C)cc2)c1C. The van der Waals surface area contributed by atoms with Crippen molar-refractivity contribution in [2.75, 3.05) is 14.1 Å². The predicted octanol–water partition coefficient (Wildman–Crippen LogP) is 3.83. The lowest BCUT2D eigenvalue weighted by atomic mass is 10.2. The molecule has 0 aliphatic heterocycles. The molecule has 0 atom stereocenters. The second-order valence-electron chi connectivity index (χ2n) is 5.41. The zero-order valence-corrected chi connectivity index (χ0v) is 13.3. The highest BCUT2D eigenvalue weighted by Gasteiger charge is 2.11. The van der Waals surface area contributed by atoms with Crippen LogP contribution >= 0.6 is 0 Å². The third kappa shape index (κ3) is 2.92. The first-order valence-electron chi connectivity index (χ1n) is 7.09. The number of aromatic nitrogens is 1. The molecule has 21 heavy (non-hydrogen) atoms. The minimum absolute atomic E-state index is 0.0251. The minimum Gasteiger partial charge on any atom is -0.345 e. The average molecular weight is 282 g/mol. The normalized spacial score (nSPS) is 11.1. The van der Waals surface area contributed by atoms with Crippen LogP contribution in [0.15, 0.2) is 36.4 Å². The molecule has 2 aromatic rings. The molecule has 2 rings (SSSR count). The van der Waals surface area contributed by atoms with Gasteiger partial charge in [0.2, 0.25) is 0 Å². The Kier molecular flexibility index (Phi) is 4.32. The number of carbonyl (C=O) groups excluding carboxylic acids is 1. The van der Waals surface area contributed by atoms with Crippen LogP contribution in [-0.4, -0.2) is 29.5 Å². The quantitative estimate of drug-likeness (QED) is 0.840. The molecule has 0 N–H and O–H groups in total. The molecule has 1 aromatic heterocycles. The first-order valence-corrected chi connectivity index (χ1v) is 7.09. The molecule has 0 bridgehead atoms. The van der Waals surface area contributed by atoms with E-state index in [4.69, 9.17) is 0 Å². The summed E-state index contributed by atoms with van der Waals surface area (Å²) in [6.45, 7) is 6.23. The molecule has 1 aromatic carbocycles. The number of hydrogen-bond acceptors (Lipinski definition) is 1. The minimum atomic E-state index is 0.0251. The number of amides is 1. The Labute approximate surface area is 126 Å². The lowest BCUT2D eigenvalue weighted by Crippen LogP contribution is -2.21. The maximum absolute atomic E-state index is 11.9. The van der Waals surface area contributed by atoms with Gasteiger partial charge < -0.3 is 9.47 Å². The molecule has 0 radical (unpaired) electrons. The summed E-state index contributed by atoms with van der Waals surface area (Å²) in [4.78, 5) is 13.5. The van der Waals surface area contributed by atoms with E-state index < -0.39 is 0 Å². The van der Waals surface area contributed by atoms with Crippen molar-refractivity contribution in [3.63, 3.8) is 0 Å². The van der Waals surface area contributed by atoms with Crippen molar-refractivity contribution in [3.05, 3.63) is 58.9 Å². The summed E-state index contributed by atoms with van der Waals surface area (Å²) in [5, 5.41) is 0. The van der Waals surface area contributed by atoms with Gasteiger partial charge in [-0.25, -0.2) is 0 Å². The average Bonchev–Trinajstić information content (AvgIpc) is 2.73. The molecule has 3 heteroatoms. The van der Waals surface area contributed by atoms with Crippen LogP contribution in [0.3, 0.4) is 0 Å². The highest BCUT2D eigenvalue weighted by molar-refractivity contribution is 5.94. The maximum atomic E-state index is 11.9. The standard InChI is InChI=1S/C18H22N2O/c1-6-7-16-12-13(2)20(14(16)3)17-10-8-15(9-11-17)18(21)19(4)5/h6-12H,1-5H3. The van der Waals surface area contributed by atoms with E-state index in [0.29, 0.717) is 5.56 Å². The van der Waals surface area contributed by atoms with Gasteiger partial charge in [-0.3, -0.25) is 4.79 Å². The van der Waals surface area contributed by atoms with Crippen molar-refractivity contribution >= 4 is 12.0 Å². The summed E-state index contributed by atoms with van der Waals surface area (Å²) in [5.74, 6) is 0.0251. The Morgan fingerprint density at radius 2 is 1.76 bits per heavy atom. The number of hydrogen-bond donors (Lipinski definition) is 0. The van der Waals surface area contributed by atoms with Gasteiger partial charge in [0.15, 0.2) is 0 Å². The molecule has 0 aliphatic rings. The molecule has 1 heterocycles. The van der Waals surface area contributed by atoms with Crippen LogP contribution < -0.4 is 0 Å². The Balaban J connectivity index is 2.42. The topological polar surface area (TPSA) is 25.2 Å². The Morgan fingerprint density at radius 3 is 2.29 bits per heavy atom. The summed E-state index contributed by atoms with van der Waals surface area (Å²) < 4.78 is 2.21. The zero-order valence-electron chi connectivity index (χ0n) is 13.3. The van der Waals surface area contributed by atoms with Gasteiger partial charge in [0, 0.05) is 36.7 Å². The van der Waals surface area contributed by atoms with Crippen LogP contribution in [0.2, 0.25) is 0 Å². The number of aryl methyl sites for hydroxylation is 1. The number of nitrogens with zero attached hydrogens (tertiary/aromatic N) is 2. The van der Waals surface area contributed by atoms with Gasteiger partial charge in [-0.15, -0.1) is 0 Å². The fourth-order valence-electron chi connectivity index (χ4n) is 2.54. The van der Waals surface area contributed by atoms with E-state index in [2.05, 4.69) is 30.6 Å². The smallest absolute Gasteiger partial charge is 0.253 e. The van der Waals surface area contributed by atoms with Gasteiger partial charge in [0.25, 0.3) is 5.91 Å². The largest absolute Gasteiger partial charge is 0.345 e. The fraction of sp³-hybridized carbons (Fsp3) is 0.278. The zero-order chi connectivity index (χ0) is 15.6. The monoisotopic (exact) mass is 282 g/mol. The molecule has 0 unspecified atom stereocenters. The fourth-order valence-corrected chi connectivity index (χ4v) is 2.54. The predicted molar refractivity (Wildman–Crippen MR) is 88.0 cm³/mol. The van der Waals surface area contributed by atoms with Gasteiger partial charge >= 0.3 is 0 Å². The van der Waals surface area contributed by atoms with Crippen molar-refractivity contribution in [3.8, 4) is 5.69 Å². The molecule has 0 saturated heterocycles. The van der Waals surface area contributed by atoms with Crippen LogP contribution in [-0.2, 0) is 0 Å². The van der Waals surface area contributed by atoms with E-state index in [1.54, 1.807) is 19.0 Å². The third-order valence-electron chi connectivity index (χ3n) is 3.60. The Hall–Kier alpha value is -2.29. The molecule has 0 aliphatic carbocycles. The van der Waals surface area contributed by atoms with Crippen molar-refractivity contribution in [1.82, 2.24) is 9.47 Å². The Morgan fingerprint density at radius 1 is 1.14 bits per heavy atom. The van der Waals surface area contributed by atoms with Gasteiger partial charge in [0.05, 0.1) is 0 Å². The molecular formula is C18H22N2O. The maximum Gasteiger partial charge on any atom is 0.253 e. The first-order chi connectivity index (χ1) is 9.95. The van der Waals surface area contributed by atoms with Gasteiger partial charge in [-0.1, -0.05) is 12.2 Å². The Bertz CT molecular complexity index is 676. The van der Waals surface area contributed by atoms with Crippen molar-refractivity contribution in [2.45, 2.75) is 20.8 Å². The third-order valence-corrected chi connectivity index (χ3v) is 3.60. The van der Waals surface area contributed by atoms with Crippen LogP contribution in [0.5, 0.6) is 0 Å². The lowest BCUT2D eigenvalue weighted by molar-refractivity contribution is 0.0827. The summed E-state index contributed by atoms with van der Waals surface area (Å²) in [6, 6.07) is 9.93. The summed E-state index contributed by atoms with van der Waals surface area (Å²) in [5.41, 5.74) is 5.41. The molecule has 0 fully saturated rings. The van der Waals surface area contributed by atoms with E-state index in [1.165, 1.54) is 17.0 Å². The second kappa shape index (κ2) is 6.00. The number of rotatable bonds is 3. The number of benzene rings is 1. The summed E-state index contributed by atoms with van der Waals surface area (Å²) in [6.07, 6.45) is 4.16. The van der Waals surface area contributed by atoms with E-state index in [0.717, 1.165) is 5.69 Å². The van der Waals surface area contributed by atoms with Crippen molar-refractivity contribution in [2.24, 2.45) is 0 Å². The molecule has 1 amide bonds. The highest BCUT2D eigenvalue weighted by atomic mass is 16.2. The van der Waals surface area contributed by atoms with E-state index in [1.807, 2.05) is 37.3 Å².